The third-order valence-corrected chi connectivity index (χ3v) is 7.49. The molecule has 0 aromatic heterocycles. The van der Waals surface area contributed by atoms with Gasteiger partial charge in [-0.1, -0.05) is 6.07 Å². The number of sulfonamides is 1. The first kappa shape index (κ1) is 17.3. The van der Waals surface area contributed by atoms with Crippen LogP contribution in [0, 0.1) is 0 Å². The van der Waals surface area contributed by atoms with Crippen molar-refractivity contribution in [2.75, 3.05) is 6.26 Å². The zero-order valence-corrected chi connectivity index (χ0v) is 15.2. The van der Waals surface area contributed by atoms with Gasteiger partial charge in [-0.25, -0.2) is 13.1 Å². The maximum absolute atomic E-state index is 12.5. The van der Waals surface area contributed by atoms with Crippen LogP contribution in [-0.2, 0) is 16.6 Å². The minimum absolute atomic E-state index is 0.0412. The van der Waals surface area contributed by atoms with E-state index in [9.17, 15) is 8.42 Å². The van der Waals surface area contributed by atoms with Gasteiger partial charge in [-0.2, -0.15) is 11.8 Å². The van der Waals surface area contributed by atoms with Crippen LogP contribution in [0.1, 0.15) is 31.2 Å². The normalized spacial score (nSPS) is 23.2. The number of benzene rings is 1. The molecule has 0 bridgehead atoms. The van der Waals surface area contributed by atoms with Crippen LogP contribution in [0.4, 0.5) is 0 Å². The molecule has 1 aliphatic carbocycles. The summed E-state index contributed by atoms with van der Waals surface area (Å²) in [5.74, 6) is 0. The Hall–Kier alpha value is -0.0800. The largest absolute Gasteiger partial charge is 0.326 e. The molecule has 4 nitrogen and oxygen atoms in total. The lowest BCUT2D eigenvalue weighted by Crippen LogP contribution is -2.38. The Morgan fingerprint density at radius 3 is 2.52 bits per heavy atom. The number of hydrogen-bond acceptors (Lipinski definition) is 4. The second-order valence-electron chi connectivity index (χ2n) is 5.30. The van der Waals surface area contributed by atoms with Gasteiger partial charge in [-0.05, 0) is 65.6 Å². The first-order valence-electron chi connectivity index (χ1n) is 7.00. The molecular weight excluding hydrogens is 372 g/mol. The van der Waals surface area contributed by atoms with E-state index >= 15 is 0 Å². The van der Waals surface area contributed by atoms with E-state index in [-0.39, 0.29) is 10.9 Å². The van der Waals surface area contributed by atoms with Crippen molar-refractivity contribution in [2.24, 2.45) is 5.73 Å². The summed E-state index contributed by atoms with van der Waals surface area (Å²) in [6.45, 7) is 0.394. The van der Waals surface area contributed by atoms with Crippen molar-refractivity contribution in [3.8, 4) is 0 Å². The molecule has 1 saturated carbocycles. The predicted octanol–water partition coefficient (Wildman–Crippen LogP) is 2.86. The van der Waals surface area contributed by atoms with Gasteiger partial charge in [0.2, 0.25) is 10.0 Å². The molecule has 0 spiro atoms. The van der Waals surface area contributed by atoms with Crippen molar-refractivity contribution in [3.05, 3.63) is 28.2 Å². The van der Waals surface area contributed by atoms with Gasteiger partial charge < -0.3 is 5.73 Å². The number of halogens is 1. The van der Waals surface area contributed by atoms with Crippen molar-refractivity contribution in [2.45, 2.75) is 48.4 Å². The van der Waals surface area contributed by atoms with E-state index in [1.807, 2.05) is 11.8 Å². The number of nitrogens with one attached hydrogen (secondary N) is 1. The Morgan fingerprint density at radius 2 is 2.00 bits per heavy atom. The van der Waals surface area contributed by atoms with Gasteiger partial charge in [0, 0.05) is 22.3 Å². The molecule has 1 aliphatic rings. The van der Waals surface area contributed by atoms with Crippen LogP contribution < -0.4 is 10.5 Å². The second kappa shape index (κ2) is 7.46. The molecule has 0 aliphatic heterocycles. The standard InChI is InChI=1S/C14H21BrN2O2S2/c1-20-12-5-3-11(4-6-12)17-21(18,19)14-7-2-10(9-16)8-13(14)15/h2,7-8,11-12,17H,3-6,9,16H2,1H3. The van der Waals surface area contributed by atoms with Crippen LogP contribution in [-0.4, -0.2) is 26.0 Å². The van der Waals surface area contributed by atoms with Gasteiger partial charge in [0.15, 0.2) is 0 Å². The number of nitrogens with two attached hydrogens (primary N) is 1. The lowest BCUT2D eigenvalue weighted by Gasteiger charge is -2.28. The molecule has 0 radical (unpaired) electrons. The maximum Gasteiger partial charge on any atom is 0.241 e. The Bertz CT molecular complexity index is 585. The summed E-state index contributed by atoms with van der Waals surface area (Å²) >= 11 is 5.20. The van der Waals surface area contributed by atoms with E-state index in [1.165, 1.54) is 0 Å². The molecule has 0 unspecified atom stereocenters. The summed E-state index contributed by atoms with van der Waals surface area (Å²) in [6.07, 6.45) is 6.07. The quantitative estimate of drug-likeness (QED) is 0.807. The molecule has 21 heavy (non-hydrogen) atoms. The highest BCUT2D eigenvalue weighted by molar-refractivity contribution is 9.10. The number of rotatable bonds is 5. The van der Waals surface area contributed by atoms with E-state index in [2.05, 4.69) is 26.9 Å². The lowest BCUT2D eigenvalue weighted by atomic mass is 9.96. The number of thioether (sulfide) groups is 1. The summed E-state index contributed by atoms with van der Waals surface area (Å²) < 4.78 is 28.4. The van der Waals surface area contributed by atoms with E-state index < -0.39 is 10.0 Å². The van der Waals surface area contributed by atoms with E-state index in [0.29, 0.717) is 16.3 Å². The van der Waals surface area contributed by atoms with Crippen LogP contribution in [0.2, 0.25) is 0 Å². The molecule has 0 saturated heterocycles. The van der Waals surface area contributed by atoms with Gasteiger partial charge in [-0.15, -0.1) is 0 Å². The molecule has 0 amide bonds. The van der Waals surface area contributed by atoms with E-state index in [0.717, 1.165) is 31.2 Å². The first-order valence-corrected chi connectivity index (χ1v) is 10.6. The Labute approximate surface area is 139 Å². The van der Waals surface area contributed by atoms with Gasteiger partial charge in [0.25, 0.3) is 0 Å². The van der Waals surface area contributed by atoms with Crippen LogP contribution in [0.15, 0.2) is 27.6 Å². The number of hydrogen-bond donors (Lipinski definition) is 2. The van der Waals surface area contributed by atoms with Gasteiger partial charge in [0.1, 0.15) is 0 Å². The zero-order chi connectivity index (χ0) is 15.5. The predicted molar refractivity (Wildman–Crippen MR) is 91.9 cm³/mol. The summed E-state index contributed by atoms with van der Waals surface area (Å²) in [5, 5.41) is 0.668. The highest BCUT2D eigenvalue weighted by Crippen LogP contribution is 2.29. The molecule has 7 heteroatoms. The fourth-order valence-electron chi connectivity index (χ4n) is 2.59. The molecule has 1 aromatic carbocycles. The lowest BCUT2D eigenvalue weighted by molar-refractivity contribution is 0.420. The van der Waals surface area contributed by atoms with Crippen molar-refractivity contribution >= 4 is 37.7 Å². The van der Waals surface area contributed by atoms with Crippen LogP contribution >= 0.6 is 27.7 Å². The monoisotopic (exact) mass is 392 g/mol. The maximum atomic E-state index is 12.5. The third kappa shape index (κ3) is 4.45. The highest BCUT2D eigenvalue weighted by atomic mass is 79.9. The molecule has 3 N–H and O–H groups in total. The van der Waals surface area contributed by atoms with Gasteiger partial charge in [-0.3, -0.25) is 0 Å². The average molecular weight is 393 g/mol. The van der Waals surface area contributed by atoms with Crippen molar-refractivity contribution < 1.29 is 8.42 Å². The minimum Gasteiger partial charge on any atom is -0.326 e. The van der Waals surface area contributed by atoms with Crippen molar-refractivity contribution in [1.82, 2.24) is 4.72 Å². The fraction of sp³-hybridized carbons (Fsp3) is 0.571. The SMILES string of the molecule is CSC1CCC(NS(=O)(=O)c2ccc(CN)cc2Br)CC1. The Morgan fingerprint density at radius 1 is 1.33 bits per heavy atom. The molecule has 1 fully saturated rings. The van der Waals surface area contributed by atoms with Crippen LogP contribution in [0.3, 0.4) is 0 Å². The van der Waals surface area contributed by atoms with Crippen molar-refractivity contribution in [1.29, 1.82) is 0 Å². The summed E-state index contributed by atoms with van der Waals surface area (Å²) in [4.78, 5) is 0.284. The van der Waals surface area contributed by atoms with Gasteiger partial charge >= 0.3 is 0 Å². The molecule has 0 heterocycles. The van der Waals surface area contributed by atoms with Crippen molar-refractivity contribution in [3.63, 3.8) is 0 Å². The first-order chi connectivity index (χ1) is 9.96. The molecule has 0 atom stereocenters. The Kier molecular flexibility index (Phi) is 6.14. The van der Waals surface area contributed by atoms with Gasteiger partial charge in [0.05, 0.1) is 4.90 Å². The van der Waals surface area contributed by atoms with E-state index in [1.54, 1.807) is 18.2 Å². The molecule has 118 valence electrons. The second-order valence-corrected chi connectivity index (χ2v) is 8.97. The summed E-state index contributed by atoms with van der Waals surface area (Å²) in [7, 11) is -3.48. The summed E-state index contributed by atoms with van der Waals surface area (Å²) in [6, 6.07) is 5.17. The summed E-state index contributed by atoms with van der Waals surface area (Å²) in [5.41, 5.74) is 6.47. The molecule has 2 rings (SSSR count). The fourth-order valence-corrected chi connectivity index (χ4v) is 5.76. The molecular formula is C14H21BrN2O2S2. The third-order valence-electron chi connectivity index (χ3n) is 3.85. The average Bonchev–Trinajstić information content (AvgIpc) is 2.47. The topological polar surface area (TPSA) is 72.2 Å². The Balaban J connectivity index is 2.08. The van der Waals surface area contributed by atoms with Crippen LogP contribution in [0.5, 0.6) is 0 Å². The highest BCUT2D eigenvalue weighted by Gasteiger charge is 2.26. The van der Waals surface area contributed by atoms with Crippen LogP contribution in [0.25, 0.3) is 0 Å². The minimum atomic E-state index is -3.48. The smallest absolute Gasteiger partial charge is 0.241 e. The molecule has 1 aromatic rings. The zero-order valence-electron chi connectivity index (χ0n) is 12.0. The van der Waals surface area contributed by atoms with E-state index in [4.69, 9.17) is 5.73 Å².